The van der Waals surface area contributed by atoms with Crippen molar-refractivity contribution in [2.45, 2.75) is 46.3 Å². The largest absolute Gasteiger partial charge is 0.507 e. The van der Waals surface area contributed by atoms with Crippen molar-refractivity contribution >= 4 is 17.4 Å². The number of rotatable bonds is 9. The zero-order chi connectivity index (χ0) is 25.0. The van der Waals surface area contributed by atoms with Gasteiger partial charge in [0.25, 0.3) is 11.7 Å². The predicted octanol–water partition coefficient (Wildman–Crippen LogP) is 4.56. The smallest absolute Gasteiger partial charge is 0.295 e. The highest BCUT2D eigenvalue weighted by Crippen LogP contribution is 2.42. The van der Waals surface area contributed by atoms with Gasteiger partial charge < -0.3 is 24.2 Å². The zero-order valence-electron chi connectivity index (χ0n) is 20.7. The maximum atomic E-state index is 13.2. The van der Waals surface area contributed by atoms with Gasteiger partial charge in [0.1, 0.15) is 5.76 Å². The molecule has 1 amide bonds. The first-order valence-corrected chi connectivity index (χ1v) is 11.4. The van der Waals surface area contributed by atoms with Gasteiger partial charge >= 0.3 is 0 Å². The molecular weight excluding hydrogens is 434 g/mol. The van der Waals surface area contributed by atoms with Crippen molar-refractivity contribution in [1.29, 1.82) is 0 Å². The van der Waals surface area contributed by atoms with Crippen molar-refractivity contribution in [1.82, 2.24) is 4.90 Å². The number of nitrogens with zero attached hydrogens (tertiary/aromatic N) is 1. The number of ether oxygens (including phenoxy) is 3. The van der Waals surface area contributed by atoms with Gasteiger partial charge in [-0.15, -0.1) is 0 Å². The summed E-state index contributed by atoms with van der Waals surface area (Å²) in [6.45, 7) is 8.56. The SMILES string of the molecule is COc1ccc(C2/C(=C(/O)c3ccc(C)c(C)c3)C(=O)C(=O)N2CCCOC(C)C)cc1OC. The highest BCUT2D eigenvalue weighted by molar-refractivity contribution is 6.46. The molecule has 182 valence electrons. The van der Waals surface area contributed by atoms with E-state index in [4.69, 9.17) is 14.2 Å². The highest BCUT2D eigenvalue weighted by atomic mass is 16.5. The lowest BCUT2D eigenvalue weighted by Crippen LogP contribution is -2.31. The Morgan fingerprint density at radius 1 is 1.00 bits per heavy atom. The van der Waals surface area contributed by atoms with Crippen LogP contribution in [0.4, 0.5) is 0 Å². The fraction of sp³-hybridized carbons (Fsp3) is 0.407. The number of aliphatic hydroxyl groups excluding tert-OH is 1. The quantitative estimate of drug-likeness (QED) is 0.252. The summed E-state index contributed by atoms with van der Waals surface area (Å²) < 4.78 is 16.4. The molecule has 1 unspecified atom stereocenters. The van der Waals surface area contributed by atoms with Gasteiger partial charge in [0, 0.05) is 18.7 Å². The summed E-state index contributed by atoms with van der Waals surface area (Å²) >= 11 is 0. The Labute approximate surface area is 200 Å². The van der Waals surface area contributed by atoms with E-state index >= 15 is 0 Å². The van der Waals surface area contributed by atoms with Crippen LogP contribution in [-0.2, 0) is 14.3 Å². The topological polar surface area (TPSA) is 85.3 Å². The van der Waals surface area contributed by atoms with Crippen molar-refractivity contribution in [3.05, 3.63) is 64.2 Å². The summed E-state index contributed by atoms with van der Waals surface area (Å²) in [5.41, 5.74) is 3.25. The summed E-state index contributed by atoms with van der Waals surface area (Å²) in [4.78, 5) is 27.8. The van der Waals surface area contributed by atoms with E-state index in [9.17, 15) is 14.7 Å². The van der Waals surface area contributed by atoms with E-state index in [1.54, 1.807) is 24.3 Å². The molecule has 34 heavy (non-hydrogen) atoms. The lowest BCUT2D eigenvalue weighted by atomic mass is 9.94. The number of carbonyl (C=O) groups excluding carboxylic acids is 2. The summed E-state index contributed by atoms with van der Waals surface area (Å²) in [6, 6.07) is 9.94. The monoisotopic (exact) mass is 467 g/mol. The van der Waals surface area contributed by atoms with Gasteiger partial charge in [-0.05, 0) is 69.0 Å². The summed E-state index contributed by atoms with van der Waals surface area (Å²) in [5.74, 6) is -0.542. The third-order valence-electron chi connectivity index (χ3n) is 6.04. The molecule has 0 radical (unpaired) electrons. The number of benzene rings is 2. The van der Waals surface area contributed by atoms with Crippen molar-refractivity contribution < 1.29 is 28.9 Å². The third kappa shape index (κ3) is 5.09. The van der Waals surface area contributed by atoms with Crippen LogP contribution in [0.15, 0.2) is 42.0 Å². The van der Waals surface area contributed by atoms with Crippen LogP contribution in [0.3, 0.4) is 0 Å². The summed E-state index contributed by atoms with van der Waals surface area (Å²) in [5, 5.41) is 11.2. The number of hydrogen-bond acceptors (Lipinski definition) is 6. The van der Waals surface area contributed by atoms with Crippen molar-refractivity contribution in [2.24, 2.45) is 0 Å². The molecule has 0 aromatic heterocycles. The number of methoxy groups -OCH3 is 2. The lowest BCUT2D eigenvalue weighted by molar-refractivity contribution is -0.140. The zero-order valence-corrected chi connectivity index (χ0v) is 20.7. The number of aryl methyl sites for hydroxylation is 2. The van der Waals surface area contributed by atoms with Gasteiger partial charge in [-0.25, -0.2) is 0 Å². The molecule has 7 heteroatoms. The minimum atomic E-state index is -0.763. The molecule has 2 aromatic rings. The molecule has 1 N–H and O–H groups in total. The number of hydrogen-bond donors (Lipinski definition) is 1. The van der Waals surface area contributed by atoms with E-state index in [0.29, 0.717) is 42.2 Å². The summed E-state index contributed by atoms with van der Waals surface area (Å²) in [7, 11) is 3.06. The first-order valence-electron chi connectivity index (χ1n) is 11.4. The fourth-order valence-electron chi connectivity index (χ4n) is 4.08. The molecule has 7 nitrogen and oxygen atoms in total. The van der Waals surface area contributed by atoms with Crippen LogP contribution >= 0.6 is 0 Å². The molecular formula is C27H33NO6. The second-order valence-corrected chi connectivity index (χ2v) is 8.68. The van der Waals surface area contributed by atoms with E-state index in [0.717, 1.165) is 11.1 Å². The normalized spacial score (nSPS) is 17.5. The molecule has 2 aromatic carbocycles. The molecule has 1 heterocycles. The van der Waals surface area contributed by atoms with Gasteiger partial charge in [-0.1, -0.05) is 18.2 Å². The van der Waals surface area contributed by atoms with Crippen LogP contribution in [0.1, 0.15) is 48.6 Å². The van der Waals surface area contributed by atoms with Gasteiger partial charge in [-0.3, -0.25) is 9.59 Å². The first-order chi connectivity index (χ1) is 16.2. The van der Waals surface area contributed by atoms with Crippen LogP contribution in [0, 0.1) is 13.8 Å². The predicted molar refractivity (Wildman–Crippen MR) is 130 cm³/mol. The summed E-state index contributed by atoms with van der Waals surface area (Å²) in [6.07, 6.45) is 0.625. The second-order valence-electron chi connectivity index (χ2n) is 8.68. The van der Waals surface area contributed by atoms with Crippen LogP contribution in [-0.4, -0.2) is 55.2 Å². The molecule has 1 aliphatic heterocycles. The third-order valence-corrected chi connectivity index (χ3v) is 6.04. The molecule has 0 saturated carbocycles. The molecule has 1 atom stereocenters. The average molecular weight is 468 g/mol. The highest BCUT2D eigenvalue weighted by Gasteiger charge is 2.46. The van der Waals surface area contributed by atoms with Crippen LogP contribution in [0.25, 0.3) is 5.76 Å². The molecule has 1 fully saturated rings. The Balaban J connectivity index is 2.11. The Morgan fingerprint density at radius 3 is 2.32 bits per heavy atom. The van der Waals surface area contributed by atoms with E-state index in [-0.39, 0.29) is 17.4 Å². The minimum absolute atomic E-state index is 0.0604. The van der Waals surface area contributed by atoms with E-state index in [1.165, 1.54) is 19.1 Å². The molecule has 1 saturated heterocycles. The number of Topliss-reactive ketones (excluding diaryl/α,β-unsaturated/α-hetero) is 1. The van der Waals surface area contributed by atoms with Crippen LogP contribution < -0.4 is 9.47 Å². The van der Waals surface area contributed by atoms with Crippen molar-refractivity contribution in [3.63, 3.8) is 0 Å². The average Bonchev–Trinajstić information content (AvgIpc) is 3.07. The van der Waals surface area contributed by atoms with Crippen molar-refractivity contribution in [3.8, 4) is 11.5 Å². The fourth-order valence-corrected chi connectivity index (χ4v) is 4.08. The maximum Gasteiger partial charge on any atom is 0.295 e. The van der Waals surface area contributed by atoms with Gasteiger partial charge in [0.05, 0.1) is 31.9 Å². The van der Waals surface area contributed by atoms with Gasteiger partial charge in [-0.2, -0.15) is 0 Å². The van der Waals surface area contributed by atoms with E-state index < -0.39 is 17.7 Å². The van der Waals surface area contributed by atoms with Crippen LogP contribution in [0.5, 0.6) is 11.5 Å². The Kier molecular flexibility index (Phi) is 7.99. The number of ketones is 1. The molecule has 1 aliphatic rings. The molecule has 0 aliphatic carbocycles. The van der Waals surface area contributed by atoms with Gasteiger partial charge in [0.15, 0.2) is 11.5 Å². The minimum Gasteiger partial charge on any atom is -0.507 e. The van der Waals surface area contributed by atoms with Gasteiger partial charge in [0.2, 0.25) is 0 Å². The maximum absolute atomic E-state index is 13.2. The number of aliphatic hydroxyl groups is 1. The number of carbonyl (C=O) groups is 2. The Morgan fingerprint density at radius 2 is 1.71 bits per heavy atom. The molecule has 0 spiro atoms. The van der Waals surface area contributed by atoms with Crippen molar-refractivity contribution in [2.75, 3.05) is 27.4 Å². The molecule has 3 rings (SSSR count). The number of amides is 1. The number of likely N-dealkylation sites (tertiary alicyclic amines) is 1. The van der Waals surface area contributed by atoms with Crippen LogP contribution in [0.2, 0.25) is 0 Å². The second kappa shape index (κ2) is 10.7. The standard InChI is InChI=1S/C27H33NO6/c1-16(2)34-13-7-12-28-24(19-10-11-21(32-5)22(15-19)33-6)23(26(30)27(28)31)25(29)20-9-8-17(3)18(4)14-20/h8-11,14-16,24,29H,7,12-13H2,1-6H3/b25-23-. The molecule has 0 bridgehead atoms. The lowest BCUT2D eigenvalue weighted by Gasteiger charge is -2.26. The Bertz CT molecular complexity index is 1100. The van der Waals surface area contributed by atoms with E-state index in [1.807, 2.05) is 39.8 Å². The Hall–Kier alpha value is -3.32. The first kappa shape index (κ1) is 25.3. The van der Waals surface area contributed by atoms with E-state index in [2.05, 4.69) is 0 Å².